The zero-order valence-electron chi connectivity index (χ0n) is 26.6. The molecule has 46 heavy (non-hydrogen) atoms. The molecule has 14 heteroatoms. The van der Waals surface area contributed by atoms with Crippen LogP contribution >= 0.6 is 11.6 Å². The van der Waals surface area contributed by atoms with Crippen molar-refractivity contribution in [3.63, 3.8) is 0 Å². The number of anilines is 3. The number of carbonyl (C=O) groups excluding carboxylic acids is 2. The molecule has 244 valence electrons. The first-order valence-electron chi connectivity index (χ1n) is 14.8. The van der Waals surface area contributed by atoms with E-state index in [1.165, 1.54) is 39.9 Å². The Morgan fingerprint density at radius 1 is 1.15 bits per heavy atom. The van der Waals surface area contributed by atoms with E-state index in [1.807, 2.05) is 0 Å². The topological polar surface area (TPSA) is 131 Å². The highest BCUT2D eigenvalue weighted by Gasteiger charge is 2.32. The maximum atomic E-state index is 15.1. The van der Waals surface area contributed by atoms with Crippen molar-refractivity contribution < 1.29 is 33.3 Å². The molecule has 0 atom stereocenters. The van der Waals surface area contributed by atoms with E-state index in [0.717, 1.165) is 6.04 Å². The highest BCUT2D eigenvalue weighted by Crippen LogP contribution is 2.43. The lowest BCUT2D eigenvalue weighted by molar-refractivity contribution is -0.256. The van der Waals surface area contributed by atoms with Gasteiger partial charge in [-0.05, 0) is 63.2 Å². The van der Waals surface area contributed by atoms with Crippen molar-refractivity contribution in [3.8, 4) is 17.0 Å². The minimum atomic E-state index is -1.38. The number of carbonyl (C=O) groups is 2. The van der Waals surface area contributed by atoms with Crippen molar-refractivity contribution in [2.75, 3.05) is 30.0 Å². The molecule has 1 aromatic carbocycles. The molecular weight excluding hydrogens is 633 g/mol. The average Bonchev–Trinajstić information content (AvgIpc) is 3.34. The van der Waals surface area contributed by atoms with Crippen LogP contribution in [0.4, 0.5) is 26.4 Å². The van der Waals surface area contributed by atoms with Gasteiger partial charge in [0.05, 0.1) is 35.3 Å². The molecule has 0 radical (unpaired) electrons. The number of ether oxygens (including phenoxy) is 3. The maximum Gasteiger partial charge on any atom is 0.416 e. The van der Waals surface area contributed by atoms with Gasteiger partial charge in [0.25, 0.3) is 0 Å². The number of pyridine rings is 2. The van der Waals surface area contributed by atoms with Crippen LogP contribution in [0.5, 0.6) is 5.75 Å². The molecule has 3 aromatic heterocycles. The molecule has 0 bridgehead atoms. The summed E-state index contributed by atoms with van der Waals surface area (Å²) in [6.45, 7) is 12.7. The highest BCUT2D eigenvalue weighted by molar-refractivity contribution is 6.76. The van der Waals surface area contributed by atoms with Gasteiger partial charge in [0.2, 0.25) is 0 Å². The Bertz CT molecular complexity index is 1800. The molecule has 1 amide bonds. The highest BCUT2D eigenvalue weighted by atomic mass is 35.5. The average molecular weight is 669 g/mol. The first-order chi connectivity index (χ1) is 21.6. The summed E-state index contributed by atoms with van der Waals surface area (Å²) in [5.74, 6) is -1.61. The van der Waals surface area contributed by atoms with Gasteiger partial charge in [-0.2, -0.15) is 0 Å². The number of nitrogens with zero attached hydrogens (tertiary/aromatic N) is 4. The van der Waals surface area contributed by atoms with E-state index in [4.69, 9.17) is 25.8 Å². The second-order valence-corrected chi connectivity index (χ2v) is 19.2. The number of aromatic nitrogens is 3. The van der Waals surface area contributed by atoms with Crippen LogP contribution in [0, 0.1) is 5.82 Å². The monoisotopic (exact) mass is 668 g/mol. The maximum absolute atomic E-state index is 15.1. The number of aromatic carboxylic acids is 1. The van der Waals surface area contributed by atoms with Gasteiger partial charge in [-0.1, -0.05) is 31.2 Å². The number of carboxylic acids is 1. The van der Waals surface area contributed by atoms with E-state index in [9.17, 15) is 14.7 Å². The molecule has 0 saturated heterocycles. The third-order valence-electron chi connectivity index (χ3n) is 7.08. The van der Waals surface area contributed by atoms with E-state index < -0.39 is 31.6 Å². The van der Waals surface area contributed by atoms with Gasteiger partial charge in [-0.3, -0.25) is 4.90 Å². The summed E-state index contributed by atoms with van der Waals surface area (Å²) < 4.78 is 34.1. The summed E-state index contributed by atoms with van der Waals surface area (Å²) >= 11 is 6.22. The lowest BCUT2D eigenvalue weighted by Gasteiger charge is -2.32. The second-order valence-electron chi connectivity index (χ2n) is 13.1. The van der Waals surface area contributed by atoms with E-state index >= 15 is 4.39 Å². The van der Waals surface area contributed by atoms with Crippen LogP contribution in [0.1, 0.15) is 31.3 Å². The van der Waals surface area contributed by atoms with Gasteiger partial charge in [0.15, 0.2) is 11.6 Å². The van der Waals surface area contributed by atoms with Gasteiger partial charge in [-0.15, -0.1) is 0 Å². The minimum absolute atomic E-state index is 0.0233. The molecule has 0 unspecified atom stereocenters. The molecule has 1 aliphatic heterocycles. The van der Waals surface area contributed by atoms with Crippen molar-refractivity contribution in [1.82, 2.24) is 14.5 Å². The Hall–Kier alpha value is -4.20. The van der Waals surface area contributed by atoms with Crippen LogP contribution in [0.2, 0.25) is 30.7 Å². The molecule has 1 N–H and O–H groups in total. The van der Waals surface area contributed by atoms with Gasteiger partial charge in [0, 0.05) is 36.8 Å². The molecule has 11 nitrogen and oxygen atoms in total. The summed E-state index contributed by atoms with van der Waals surface area (Å²) in [5, 5.41) is 16.2. The van der Waals surface area contributed by atoms with E-state index in [0.29, 0.717) is 34.0 Å². The molecule has 0 fully saturated rings. The van der Waals surface area contributed by atoms with E-state index in [2.05, 4.69) is 34.9 Å². The van der Waals surface area contributed by atoms with Crippen molar-refractivity contribution in [2.24, 2.45) is 0 Å². The largest absolute Gasteiger partial charge is 0.543 e. The smallest absolute Gasteiger partial charge is 0.416 e. The summed E-state index contributed by atoms with van der Waals surface area (Å²) in [6, 6.07) is 9.72. The number of nitrogens with one attached hydrogen (secondary N) is 1. The second kappa shape index (κ2) is 12.9. The van der Waals surface area contributed by atoms with Crippen molar-refractivity contribution in [1.29, 1.82) is 0 Å². The summed E-state index contributed by atoms with van der Waals surface area (Å²) in [4.78, 5) is 35.8. The Morgan fingerprint density at radius 2 is 1.91 bits per heavy atom. The predicted molar refractivity (Wildman–Crippen MR) is 175 cm³/mol. The number of amides is 1. The third-order valence-corrected chi connectivity index (χ3v) is 9.02. The summed E-state index contributed by atoms with van der Waals surface area (Å²) in [7, 11) is -1.36. The van der Waals surface area contributed by atoms with Crippen LogP contribution in [-0.4, -0.2) is 60.0 Å². The summed E-state index contributed by atoms with van der Waals surface area (Å²) in [6.07, 6.45) is 0.886. The number of halogens is 2. The third kappa shape index (κ3) is 7.43. The number of benzene rings is 1. The molecule has 0 aliphatic carbocycles. The molecule has 4 heterocycles. The molecule has 0 saturated carbocycles. The SMILES string of the molecule is CC(C)(C)OC(=O)N1CCOc2c(Nc3ccnc4c3cc(C(=O)[O-])n4COCC[Si](C)(C)C)cc(-c3cc(Cl)ccc3F)nc21. The number of rotatable bonds is 9. The van der Waals surface area contributed by atoms with Crippen molar-refractivity contribution in [3.05, 3.63) is 59.1 Å². The minimum Gasteiger partial charge on any atom is -0.543 e. The van der Waals surface area contributed by atoms with Crippen LogP contribution in [0.15, 0.2) is 42.6 Å². The van der Waals surface area contributed by atoms with Crippen molar-refractivity contribution >= 4 is 60.0 Å². The van der Waals surface area contributed by atoms with Crippen LogP contribution in [0.25, 0.3) is 22.3 Å². The quantitative estimate of drug-likeness (QED) is 0.158. The Morgan fingerprint density at radius 3 is 2.61 bits per heavy atom. The molecule has 1 aliphatic rings. The fourth-order valence-electron chi connectivity index (χ4n) is 4.85. The number of hydrogen-bond acceptors (Lipinski definition) is 9. The molecular formula is C32H36ClFN5O6Si-. The standard InChI is InChI=1S/C32H37ClFN5O6Si/c1-32(2,3)45-31(42)38-11-12-44-27-25(17-24(37-29(27)38)20-15-19(33)7-8-22(20)34)36-23-9-10-35-28-21(23)16-26(30(40)41)39(28)18-43-13-14-46(4,5)6/h7-10,15-17H,11-14,18H2,1-6H3,(H,40,41)(H,35,36,37)/p-1. The summed E-state index contributed by atoms with van der Waals surface area (Å²) in [5.41, 5.74) is 0.570. The van der Waals surface area contributed by atoms with Gasteiger partial charge < -0.3 is 34.0 Å². The van der Waals surface area contributed by atoms with Gasteiger partial charge in [-0.25, -0.2) is 19.2 Å². The normalized spacial score (nSPS) is 13.3. The fourth-order valence-corrected chi connectivity index (χ4v) is 5.77. The number of hydrogen-bond donors (Lipinski definition) is 1. The van der Waals surface area contributed by atoms with Crippen LogP contribution < -0.4 is 20.1 Å². The zero-order valence-corrected chi connectivity index (χ0v) is 28.3. The first-order valence-corrected chi connectivity index (χ1v) is 18.9. The number of fused-ring (bicyclic) bond motifs is 2. The zero-order chi connectivity index (χ0) is 33.4. The Kier molecular flexibility index (Phi) is 9.30. The molecule has 5 rings (SSSR count). The lowest BCUT2D eigenvalue weighted by Crippen LogP contribution is -2.42. The van der Waals surface area contributed by atoms with Crippen LogP contribution in [-0.2, 0) is 16.2 Å². The van der Waals surface area contributed by atoms with Crippen molar-refractivity contribution in [2.45, 2.75) is 58.8 Å². The van der Waals surface area contributed by atoms with E-state index in [-0.39, 0.29) is 48.4 Å². The lowest BCUT2D eigenvalue weighted by atomic mass is 10.1. The Labute approximate surface area is 272 Å². The predicted octanol–water partition coefficient (Wildman–Crippen LogP) is 6.44. The van der Waals surface area contributed by atoms with Gasteiger partial charge >= 0.3 is 6.09 Å². The first kappa shape index (κ1) is 33.2. The van der Waals surface area contributed by atoms with Crippen LogP contribution in [0.3, 0.4) is 0 Å². The molecule has 4 aromatic rings. The van der Waals surface area contributed by atoms with Gasteiger partial charge in [0.1, 0.15) is 30.4 Å². The molecule has 0 spiro atoms. The fraction of sp³-hybridized carbons (Fsp3) is 0.375. The Balaban J connectivity index is 1.60. The number of carboxylic acid groups (broad SMARTS) is 1. The van der Waals surface area contributed by atoms with E-state index in [1.54, 1.807) is 32.9 Å².